The molecule has 0 unspecified atom stereocenters. The van der Waals surface area contributed by atoms with Gasteiger partial charge >= 0.3 is 0 Å². The third-order valence-corrected chi connectivity index (χ3v) is 4.11. The minimum absolute atomic E-state index is 0.281. The van der Waals surface area contributed by atoms with Crippen LogP contribution in [0.25, 0.3) is 11.3 Å². The molecular formula is C14H14N3OS. The van der Waals surface area contributed by atoms with Crippen molar-refractivity contribution in [1.29, 1.82) is 0 Å². The molecule has 0 bridgehead atoms. The van der Waals surface area contributed by atoms with E-state index in [0.29, 0.717) is 0 Å². The second kappa shape index (κ2) is 5.50. The predicted octanol–water partition coefficient (Wildman–Crippen LogP) is 1.83. The van der Waals surface area contributed by atoms with Gasteiger partial charge in [0.1, 0.15) is 0 Å². The van der Waals surface area contributed by atoms with Crippen LogP contribution >= 0.6 is 11.3 Å². The normalized spacial score (nSPS) is 12.0. The summed E-state index contributed by atoms with van der Waals surface area (Å²) in [5.74, 6) is 0. The summed E-state index contributed by atoms with van der Waals surface area (Å²) in [6.45, 7) is 1.77. The van der Waals surface area contributed by atoms with Gasteiger partial charge in [0.25, 0.3) is 0 Å². The number of nitrogens with one attached hydrogen (secondary N) is 2. The van der Waals surface area contributed by atoms with E-state index in [1.165, 1.54) is 16.0 Å². The zero-order chi connectivity index (χ0) is 13.1. The topological polar surface area (TPSA) is 54.0 Å². The highest BCUT2D eigenvalue weighted by Gasteiger charge is 2.22. The first-order valence-electron chi connectivity index (χ1n) is 6.26. The molecule has 1 aromatic heterocycles. The third kappa shape index (κ3) is 2.52. The van der Waals surface area contributed by atoms with E-state index >= 15 is 0 Å². The molecule has 0 atom stereocenters. The van der Waals surface area contributed by atoms with E-state index in [1.54, 1.807) is 17.6 Å². The van der Waals surface area contributed by atoms with Crippen molar-refractivity contribution in [3.63, 3.8) is 0 Å². The number of aromatic nitrogens is 1. The van der Waals surface area contributed by atoms with E-state index < -0.39 is 0 Å². The standard InChI is InChI=1S/C14H14N3OS/c18-8-7-15-5-6-16-14-17-13-11-4-2-1-3-10(11)9-12(13)19-14/h1-4,15H,5-7,9H2,(H,16,17). The molecule has 2 N–H and O–H groups in total. The SMILES string of the molecule is O=[C]CNCCNc1nc2c(s1)Cc1ccccc1-2. The Morgan fingerprint density at radius 1 is 1.32 bits per heavy atom. The molecule has 97 valence electrons. The number of hydrogen-bond acceptors (Lipinski definition) is 5. The van der Waals surface area contributed by atoms with Crippen LogP contribution < -0.4 is 10.6 Å². The first-order chi connectivity index (χ1) is 9.38. The Kier molecular flexibility index (Phi) is 3.57. The van der Waals surface area contributed by atoms with Crippen molar-refractivity contribution in [1.82, 2.24) is 10.3 Å². The first-order valence-corrected chi connectivity index (χ1v) is 7.07. The van der Waals surface area contributed by atoms with E-state index in [-0.39, 0.29) is 6.54 Å². The van der Waals surface area contributed by atoms with Crippen LogP contribution in [0.2, 0.25) is 0 Å². The summed E-state index contributed by atoms with van der Waals surface area (Å²) in [5, 5.41) is 7.19. The van der Waals surface area contributed by atoms with Crippen molar-refractivity contribution in [3.05, 3.63) is 34.7 Å². The Hall–Kier alpha value is -1.72. The van der Waals surface area contributed by atoms with Gasteiger partial charge < -0.3 is 10.6 Å². The molecule has 19 heavy (non-hydrogen) atoms. The van der Waals surface area contributed by atoms with Crippen molar-refractivity contribution < 1.29 is 4.79 Å². The molecule has 5 heteroatoms. The summed E-state index contributed by atoms with van der Waals surface area (Å²) < 4.78 is 0. The van der Waals surface area contributed by atoms with Crippen molar-refractivity contribution in [2.75, 3.05) is 25.0 Å². The van der Waals surface area contributed by atoms with Crippen LogP contribution in [-0.2, 0) is 11.2 Å². The maximum Gasteiger partial charge on any atom is 0.213 e. The molecule has 4 nitrogen and oxygen atoms in total. The lowest BCUT2D eigenvalue weighted by Gasteiger charge is -2.02. The molecule has 3 rings (SSSR count). The van der Waals surface area contributed by atoms with Crippen LogP contribution in [0.15, 0.2) is 24.3 Å². The number of nitrogens with zero attached hydrogens (tertiary/aromatic N) is 1. The number of hydrogen-bond donors (Lipinski definition) is 2. The van der Waals surface area contributed by atoms with E-state index in [0.717, 1.165) is 30.3 Å². The third-order valence-electron chi connectivity index (χ3n) is 3.10. The van der Waals surface area contributed by atoms with Gasteiger partial charge in [0.15, 0.2) is 5.13 Å². The zero-order valence-electron chi connectivity index (χ0n) is 10.4. The highest BCUT2D eigenvalue weighted by atomic mass is 32.1. The molecule has 2 aromatic rings. The van der Waals surface area contributed by atoms with Crippen LogP contribution in [0.3, 0.4) is 0 Å². The smallest absolute Gasteiger partial charge is 0.213 e. The lowest BCUT2D eigenvalue weighted by molar-refractivity contribution is 0.549. The first kappa shape index (κ1) is 12.3. The summed E-state index contributed by atoms with van der Waals surface area (Å²) in [5.41, 5.74) is 3.75. The number of fused-ring (bicyclic) bond motifs is 3. The summed E-state index contributed by atoms with van der Waals surface area (Å²) in [6, 6.07) is 8.42. The average Bonchev–Trinajstić information content (AvgIpc) is 2.95. The fourth-order valence-electron chi connectivity index (χ4n) is 2.23. The molecule has 1 heterocycles. The second-order valence-corrected chi connectivity index (χ2v) is 5.46. The fraction of sp³-hybridized carbons (Fsp3) is 0.286. The second-order valence-electron chi connectivity index (χ2n) is 4.37. The van der Waals surface area contributed by atoms with Gasteiger partial charge in [-0.3, -0.25) is 4.79 Å². The Balaban J connectivity index is 1.64. The van der Waals surface area contributed by atoms with Gasteiger partial charge in [0, 0.05) is 30.0 Å². The molecule has 1 radical (unpaired) electrons. The van der Waals surface area contributed by atoms with Crippen LogP contribution in [0, 0.1) is 0 Å². The van der Waals surface area contributed by atoms with Crippen molar-refractivity contribution >= 4 is 22.8 Å². The maximum absolute atomic E-state index is 10.0. The van der Waals surface area contributed by atoms with E-state index in [9.17, 15) is 4.79 Å². The number of anilines is 1. The van der Waals surface area contributed by atoms with Crippen LogP contribution in [0.4, 0.5) is 5.13 Å². The molecule has 0 amide bonds. The molecule has 1 aromatic carbocycles. The Labute approximate surface area is 115 Å². The maximum atomic E-state index is 10.0. The highest BCUT2D eigenvalue weighted by molar-refractivity contribution is 7.16. The van der Waals surface area contributed by atoms with Gasteiger partial charge in [0.05, 0.1) is 12.2 Å². The van der Waals surface area contributed by atoms with E-state index in [1.807, 2.05) is 0 Å². The molecule has 0 aliphatic heterocycles. The van der Waals surface area contributed by atoms with Crippen molar-refractivity contribution in [2.24, 2.45) is 0 Å². The molecule has 0 saturated heterocycles. The lowest BCUT2D eigenvalue weighted by atomic mass is 10.1. The number of carbonyl (C=O) groups excluding carboxylic acids is 1. The van der Waals surface area contributed by atoms with Gasteiger partial charge in [-0.05, 0) is 5.56 Å². The summed E-state index contributed by atoms with van der Waals surface area (Å²) >= 11 is 1.72. The van der Waals surface area contributed by atoms with Crippen molar-refractivity contribution in [3.8, 4) is 11.3 Å². The minimum atomic E-state index is 0.281. The fourth-order valence-corrected chi connectivity index (χ4v) is 3.26. The quantitative estimate of drug-likeness (QED) is 0.672. The summed E-state index contributed by atoms with van der Waals surface area (Å²) in [6.07, 6.45) is 2.80. The molecule has 0 fully saturated rings. The summed E-state index contributed by atoms with van der Waals surface area (Å²) in [4.78, 5) is 16.0. The number of thiazole rings is 1. The van der Waals surface area contributed by atoms with Gasteiger partial charge in [-0.1, -0.05) is 24.3 Å². The molecule has 0 saturated carbocycles. The van der Waals surface area contributed by atoms with Crippen LogP contribution in [0.1, 0.15) is 10.4 Å². The Bertz CT molecular complexity index is 594. The van der Waals surface area contributed by atoms with Gasteiger partial charge in [-0.25, -0.2) is 4.98 Å². The van der Waals surface area contributed by atoms with E-state index in [4.69, 9.17) is 0 Å². The minimum Gasteiger partial charge on any atom is -0.360 e. The molecular weight excluding hydrogens is 258 g/mol. The average molecular weight is 272 g/mol. The van der Waals surface area contributed by atoms with Crippen LogP contribution in [0.5, 0.6) is 0 Å². The largest absolute Gasteiger partial charge is 0.360 e. The van der Waals surface area contributed by atoms with Gasteiger partial charge in [-0.15, -0.1) is 11.3 Å². The van der Waals surface area contributed by atoms with Crippen molar-refractivity contribution in [2.45, 2.75) is 6.42 Å². The number of benzene rings is 1. The number of rotatable bonds is 6. The lowest BCUT2D eigenvalue weighted by Crippen LogP contribution is -2.23. The van der Waals surface area contributed by atoms with Gasteiger partial charge in [-0.2, -0.15) is 0 Å². The highest BCUT2D eigenvalue weighted by Crippen LogP contribution is 2.40. The molecule has 0 spiro atoms. The molecule has 1 aliphatic rings. The van der Waals surface area contributed by atoms with Crippen LogP contribution in [-0.4, -0.2) is 30.9 Å². The van der Waals surface area contributed by atoms with Gasteiger partial charge in [0.2, 0.25) is 6.29 Å². The predicted molar refractivity (Wildman–Crippen MR) is 77.4 cm³/mol. The Morgan fingerprint density at radius 2 is 2.21 bits per heavy atom. The molecule has 1 aliphatic carbocycles. The van der Waals surface area contributed by atoms with E-state index in [2.05, 4.69) is 39.9 Å². The Morgan fingerprint density at radius 3 is 3.11 bits per heavy atom. The monoisotopic (exact) mass is 272 g/mol. The summed E-state index contributed by atoms with van der Waals surface area (Å²) in [7, 11) is 0. The zero-order valence-corrected chi connectivity index (χ0v) is 11.2.